The Morgan fingerprint density at radius 1 is 1.38 bits per heavy atom. The molecule has 0 spiro atoms. The summed E-state index contributed by atoms with van der Waals surface area (Å²) >= 11 is 1.09. The van der Waals surface area contributed by atoms with Crippen LogP contribution < -0.4 is 0 Å². The van der Waals surface area contributed by atoms with Crippen LogP contribution >= 0.6 is 18.2 Å². The zero-order chi connectivity index (χ0) is 10.3. The van der Waals surface area contributed by atoms with Crippen molar-refractivity contribution in [2.75, 3.05) is 31.5 Å². The second-order valence-electron chi connectivity index (χ2n) is 2.08. The number of hydrogen-bond acceptors (Lipinski definition) is 5. The molecule has 0 saturated heterocycles. The van der Waals surface area contributed by atoms with Gasteiger partial charge in [-0.15, -0.1) is 0 Å². The SMILES string of the molecule is CC[S@](=O)CCSP(=O)(OC)OC. The molecule has 4 nitrogen and oxygen atoms in total. The highest BCUT2D eigenvalue weighted by molar-refractivity contribution is 8.55. The van der Waals surface area contributed by atoms with Gasteiger partial charge < -0.3 is 9.05 Å². The van der Waals surface area contributed by atoms with Crippen LogP contribution in [0.25, 0.3) is 0 Å². The minimum atomic E-state index is -2.97. The standard InChI is InChI=1S/C6H15O4PS2/c1-4-13(8)6-5-12-11(7,9-2)10-3/h4-6H2,1-3H3/t13-/m0/s1. The third kappa shape index (κ3) is 5.86. The molecule has 0 amide bonds. The Balaban J connectivity index is 3.74. The molecule has 0 bridgehead atoms. The summed E-state index contributed by atoms with van der Waals surface area (Å²) in [6, 6.07) is 0. The average Bonchev–Trinajstić information content (AvgIpc) is 2.17. The van der Waals surface area contributed by atoms with Crippen molar-refractivity contribution in [3.05, 3.63) is 0 Å². The van der Waals surface area contributed by atoms with Gasteiger partial charge in [0.05, 0.1) is 0 Å². The quantitative estimate of drug-likeness (QED) is 0.642. The monoisotopic (exact) mass is 246 g/mol. The summed E-state index contributed by atoms with van der Waals surface area (Å²) in [7, 11) is 1.86. The van der Waals surface area contributed by atoms with E-state index in [1.807, 2.05) is 6.92 Å². The lowest BCUT2D eigenvalue weighted by molar-refractivity contribution is 0.295. The molecule has 0 aromatic carbocycles. The molecule has 0 heterocycles. The maximum Gasteiger partial charge on any atom is 0.388 e. The summed E-state index contributed by atoms with van der Waals surface area (Å²) in [5.74, 6) is 1.68. The van der Waals surface area contributed by atoms with Gasteiger partial charge in [0, 0.05) is 42.3 Å². The Morgan fingerprint density at radius 2 is 1.92 bits per heavy atom. The highest BCUT2D eigenvalue weighted by Crippen LogP contribution is 2.59. The Hall–Kier alpha value is 0.650. The first-order chi connectivity index (χ1) is 6.08. The minimum absolute atomic E-state index is 0.526. The van der Waals surface area contributed by atoms with Crippen LogP contribution in [0.15, 0.2) is 0 Å². The largest absolute Gasteiger partial charge is 0.388 e. The van der Waals surface area contributed by atoms with Gasteiger partial charge in [0.2, 0.25) is 0 Å². The van der Waals surface area contributed by atoms with Crippen LogP contribution in [-0.2, 0) is 24.4 Å². The fourth-order valence-corrected chi connectivity index (χ4v) is 4.45. The second-order valence-corrected chi connectivity index (χ2v) is 8.35. The smallest absolute Gasteiger partial charge is 0.304 e. The highest BCUT2D eigenvalue weighted by atomic mass is 32.7. The van der Waals surface area contributed by atoms with E-state index >= 15 is 0 Å². The third-order valence-corrected chi connectivity index (χ3v) is 6.88. The molecule has 0 aliphatic carbocycles. The highest BCUT2D eigenvalue weighted by Gasteiger charge is 2.21. The molecule has 80 valence electrons. The van der Waals surface area contributed by atoms with Gasteiger partial charge in [0.15, 0.2) is 0 Å². The summed E-state index contributed by atoms with van der Waals surface area (Å²) in [5.41, 5.74) is 0. The van der Waals surface area contributed by atoms with Crippen molar-refractivity contribution in [2.24, 2.45) is 0 Å². The van der Waals surface area contributed by atoms with Gasteiger partial charge in [-0.3, -0.25) is 4.21 Å². The van der Waals surface area contributed by atoms with E-state index in [0.29, 0.717) is 17.3 Å². The molecule has 0 aromatic rings. The zero-order valence-corrected chi connectivity index (χ0v) is 10.5. The fraction of sp³-hybridized carbons (Fsp3) is 1.00. The Morgan fingerprint density at radius 3 is 2.31 bits per heavy atom. The van der Waals surface area contributed by atoms with Crippen molar-refractivity contribution in [3.8, 4) is 0 Å². The molecule has 1 atom stereocenters. The van der Waals surface area contributed by atoms with Gasteiger partial charge >= 0.3 is 6.80 Å². The van der Waals surface area contributed by atoms with Crippen molar-refractivity contribution < 1.29 is 17.8 Å². The molecule has 0 rings (SSSR count). The van der Waals surface area contributed by atoms with Gasteiger partial charge in [0.1, 0.15) is 0 Å². The van der Waals surface area contributed by atoms with Crippen LogP contribution in [0.4, 0.5) is 0 Å². The van der Waals surface area contributed by atoms with Crippen molar-refractivity contribution >= 4 is 29.0 Å². The first-order valence-electron chi connectivity index (χ1n) is 3.79. The van der Waals surface area contributed by atoms with E-state index < -0.39 is 17.6 Å². The summed E-state index contributed by atoms with van der Waals surface area (Å²) in [4.78, 5) is 0. The summed E-state index contributed by atoms with van der Waals surface area (Å²) < 4.78 is 31.8. The molecule has 0 fully saturated rings. The summed E-state index contributed by atoms with van der Waals surface area (Å²) in [5, 5.41) is 0. The van der Waals surface area contributed by atoms with E-state index in [0.717, 1.165) is 11.4 Å². The summed E-state index contributed by atoms with van der Waals surface area (Å²) in [6.45, 7) is -1.11. The first kappa shape index (κ1) is 13.7. The Kier molecular flexibility index (Phi) is 7.36. The minimum Gasteiger partial charge on any atom is -0.304 e. The van der Waals surface area contributed by atoms with Crippen molar-refractivity contribution in [2.45, 2.75) is 6.92 Å². The molecule has 0 aromatic heterocycles. The van der Waals surface area contributed by atoms with Gasteiger partial charge in [-0.1, -0.05) is 6.92 Å². The molecular formula is C6H15O4PS2. The summed E-state index contributed by atoms with van der Waals surface area (Å²) in [6.07, 6.45) is 0. The molecule has 0 radical (unpaired) electrons. The zero-order valence-electron chi connectivity index (χ0n) is 8.02. The van der Waals surface area contributed by atoms with E-state index in [-0.39, 0.29) is 0 Å². The normalized spacial score (nSPS) is 14.4. The molecule has 0 unspecified atom stereocenters. The van der Waals surface area contributed by atoms with Gasteiger partial charge in [0.25, 0.3) is 0 Å². The van der Waals surface area contributed by atoms with Crippen LogP contribution in [0.5, 0.6) is 0 Å². The number of hydrogen-bond donors (Lipinski definition) is 0. The fourth-order valence-electron chi connectivity index (χ4n) is 0.566. The predicted octanol–water partition coefficient (Wildman–Crippen LogP) is 1.89. The van der Waals surface area contributed by atoms with E-state index in [9.17, 15) is 8.77 Å². The molecule has 0 aliphatic heterocycles. The average molecular weight is 246 g/mol. The van der Waals surface area contributed by atoms with Crippen molar-refractivity contribution in [1.29, 1.82) is 0 Å². The van der Waals surface area contributed by atoms with Crippen LogP contribution in [-0.4, -0.2) is 35.7 Å². The second kappa shape index (κ2) is 7.01. The Labute approximate surface area is 85.5 Å². The van der Waals surface area contributed by atoms with Gasteiger partial charge in [-0.05, 0) is 11.4 Å². The van der Waals surface area contributed by atoms with E-state index in [2.05, 4.69) is 0 Å². The molecular weight excluding hydrogens is 231 g/mol. The molecule has 0 N–H and O–H groups in total. The van der Waals surface area contributed by atoms with Crippen LogP contribution in [0.1, 0.15) is 6.92 Å². The van der Waals surface area contributed by atoms with Crippen molar-refractivity contribution in [3.63, 3.8) is 0 Å². The first-order valence-corrected chi connectivity index (χ1v) is 8.41. The maximum absolute atomic E-state index is 11.4. The van der Waals surface area contributed by atoms with Crippen LogP contribution in [0.2, 0.25) is 0 Å². The molecule has 13 heavy (non-hydrogen) atoms. The van der Waals surface area contributed by atoms with Crippen molar-refractivity contribution in [1.82, 2.24) is 0 Å². The maximum atomic E-state index is 11.4. The van der Waals surface area contributed by atoms with Gasteiger partial charge in [-0.25, -0.2) is 4.57 Å². The van der Waals surface area contributed by atoms with E-state index in [4.69, 9.17) is 9.05 Å². The lowest BCUT2D eigenvalue weighted by atomic mass is 10.9. The van der Waals surface area contributed by atoms with Gasteiger partial charge in [-0.2, -0.15) is 0 Å². The molecule has 0 saturated carbocycles. The van der Waals surface area contributed by atoms with E-state index in [1.54, 1.807) is 0 Å². The third-order valence-electron chi connectivity index (χ3n) is 1.33. The van der Waals surface area contributed by atoms with Crippen LogP contribution in [0, 0.1) is 0 Å². The van der Waals surface area contributed by atoms with E-state index in [1.165, 1.54) is 14.2 Å². The lowest BCUT2D eigenvalue weighted by Gasteiger charge is -2.11. The predicted molar refractivity (Wildman–Crippen MR) is 57.6 cm³/mol. The lowest BCUT2D eigenvalue weighted by Crippen LogP contribution is -2.02. The Bertz CT molecular complexity index is 201. The van der Waals surface area contributed by atoms with Crippen LogP contribution in [0.3, 0.4) is 0 Å². The molecule has 0 aliphatic rings. The number of rotatable bonds is 7. The molecule has 7 heteroatoms. The topological polar surface area (TPSA) is 52.6 Å².